The van der Waals surface area contributed by atoms with E-state index in [0.717, 1.165) is 17.3 Å². The molecule has 1 saturated carbocycles. The molecule has 0 heterocycles. The molecule has 1 atom stereocenters. The summed E-state index contributed by atoms with van der Waals surface area (Å²) >= 11 is 3.35. The van der Waals surface area contributed by atoms with Gasteiger partial charge in [-0.05, 0) is 62.2 Å². The van der Waals surface area contributed by atoms with Crippen LogP contribution in [0.3, 0.4) is 0 Å². The summed E-state index contributed by atoms with van der Waals surface area (Å²) in [5, 5.41) is 5.71. The van der Waals surface area contributed by atoms with Crippen LogP contribution >= 0.6 is 15.9 Å². The Bertz CT molecular complexity index is 772. The van der Waals surface area contributed by atoms with Gasteiger partial charge < -0.3 is 15.4 Å². The van der Waals surface area contributed by atoms with Gasteiger partial charge in [0.25, 0.3) is 11.8 Å². The smallest absolute Gasteiger partial charge is 0.265 e. The zero-order chi connectivity index (χ0) is 17.8. The summed E-state index contributed by atoms with van der Waals surface area (Å²) in [6.07, 6.45) is 1.41. The van der Waals surface area contributed by atoms with E-state index in [0.29, 0.717) is 23.0 Å². The van der Waals surface area contributed by atoms with Gasteiger partial charge >= 0.3 is 0 Å². The summed E-state index contributed by atoms with van der Waals surface area (Å²) in [6, 6.07) is 14.5. The van der Waals surface area contributed by atoms with Crippen molar-refractivity contribution < 1.29 is 14.3 Å². The van der Waals surface area contributed by atoms with E-state index >= 15 is 0 Å². The van der Waals surface area contributed by atoms with Gasteiger partial charge in [-0.2, -0.15) is 0 Å². The summed E-state index contributed by atoms with van der Waals surface area (Å²) in [4.78, 5) is 24.4. The summed E-state index contributed by atoms with van der Waals surface area (Å²) in [7, 11) is 0. The largest absolute Gasteiger partial charge is 0.481 e. The topological polar surface area (TPSA) is 67.4 Å². The van der Waals surface area contributed by atoms with Crippen LogP contribution in [-0.2, 0) is 4.79 Å². The maximum atomic E-state index is 12.3. The summed E-state index contributed by atoms with van der Waals surface area (Å²) < 4.78 is 6.57. The lowest BCUT2D eigenvalue weighted by Gasteiger charge is -2.15. The Kier molecular flexibility index (Phi) is 5.38. The molecule has 0 aromatic heterocycles. The van der Waals surface area contributed by atoms with Gasteiger partial charge in [0.15, 0.2) is 6.10 Å². The van der Waals surface area contributed by atoms with Crippen molar-refractivity contribution >= 4 is 33.4 Å². The van der Waals surface area contributed by atoms with Crippen molar-refractivity contribution in [1.29, 1.82) is 0 Å². The number of anilines is 1. The third kappa shape index (κ3) is 5.06. The number of hydrogen-bond acceptors (Lipinski definition) is 3. The Morgan fingerprint density at radius 2 is 1.88 bits per heavy atom. The fourth-order valence-electron chi connectivity index (χ4n) is 2.25. The van der Waals surface area contributed by atoms with Gasteiger partial charge in [-0.1, -0.05) is 22.0 Å². The highest BCUT2D eigenvalue weighted by Crippen LogP contribution is 2.20. The van der Waals surface area contributed by atoms with Crippen molar-refractivity contribution in [1.82, 2.24) is 5.32 Å². The molecule has 2 aromatic rings. The third-order valence-corrected chi connectivity index (χ3v) is 4.33. The highest BCUT2D eigenvalue weighted by Gasteiger charge is 2.24. The standard InChI is InChI=1S/C19H19BrN2O3/c1-12(25-17-9-5-14(20)6-10-17)18(23)22-16-4-2-3-13(11-16)19(24)21-15-7-8-15/h2-6,9-12,15H,7-8H2,1H3,(H,21,24)(H,22,23)/t12-/m1/s1. The van der Waals surface area contributed by atoms with Crippen LogP contribution < -0.4 is 15.4 Å². The molecule has 1 fully saturated rings. The predicted octanol–water partition coefficient (Wildman–Crippen LogP) is 3.75. The number of halogens is 1. The highest BCUT2D eigenvalue weighted by molar-refractivity contribution is 9.10. The Labute approximate surface area is 154 Å². The zero-order valence-corrected chi connectivity index (χ0v) is 15.4. The molecule has 1 aliphatic carbocycles. The second kappa shape index (κ2) is 7.70. The van der Waals surface area contributed by atoms with E-state index in [-0.39, 0.29) is 11.8 Å². The molecule has 0 radical (unpaired) electrons. The number of hydrogen-bond donors (Lipinski definition) is 2. The molecule has 0 unspecified atom stereocenters. The van der Waals surface area contributed by atoms with Crippen molar-refractivity contribution in [2.45, 2.75) is 31.9 Å². The average molecular weight is 403 g/mol. The van der Waals surface area contributed by atoms with Crippen LogP contribution in [-0.4, -0.2) is 24.0 Å². The SMILES string of the molecule is C[C@@H](Oc1ccc(Br)cc1)C(=O)Nc1cccc(C(=O)NC2CC2)c1. The van der Waals surface area contributed by atoms with Crippen LogP contribution in [0.2, 0.25) is 0 Å². The van der Waals surface area contributed by atoms with E-state index in [1.165, 1.54) is 0 Å². The van der Waals surface area contributed by atoms with Gasteiger partial charge in [-0.25, -0.2) is 0 Å². The number of rotatable bonds is 6. The molecule has 0 bridgehead atoms. The Hall–Kier alpha value is -2.34. The van der Waals surface area contributed by atoms with Gasteiger partial charge in [0, 0.05) is 21.8 Å². The highest BCUT2D eigenvalue weighted by atomic mass is 79.9. The zero-order valence-electron chi connectivity index (χ0n) is 13.8. The van der Waals surface area contributed by atoms with E-state index in [4.69, 9.17) is 4.74 Å². The molecule has 0 aliphatic heterocycles. The monoisotopic (exact) mass is 402 g/mol. The predicted molar refractivity (Wildman–Crippen MR) is 99.8 cm³/mol. The minimum absolute atomic E-state index is 0.113. The first-order valence-corrected chi connectivity index (χ1v) is 8.94. The number of nitrogens with one attached hydrogen (secondary N) is 2. The fourth-order valence-corrected chi connectivity index (χ4v) is 2.51. The van der Waals surface area contributed by atoms with Gasteiger partial charge in [0.2, 0.25) is 0 Å². The van der Waals surface area contributed by atoms with Crippen molar-refractivity contribution in [2.24, 2.45) is 0 Å². The second-order valence-electron chi connectivity index (χ2n) is 6.03. The molecule has 2 amide bonds. The molecule has 0 spiro atoms. The lowest BCUT2D eigenvalue weighted by Crippen LogP contribution is -2.30. The number of benzene rings is 2. The summed E-state index contributed by atoms with van der Waals surface area (Å²) in [6.45, 7) is 1.68. The summed E-state index contributed by atoms with van der Waals surface area (Å²) in [5.41, 5.74) is 1.10. The number of ether oxygens (including phenoxy) is 1. The molecule has 0 saturated heterocycles. The van der Waals surface area contributed by atoms with Crippen LogP contribution in [0.1, 0.15) is 30.1 Å². The minimum atomic E-state index is -0.662. The molecular formula is C19H19BrN2O3. The summed E-state index contributed by atoms with van der Waals surface area (Å²) in [5.74, 6) is 0.226. The Morgan fingerprint density at radius 3 is 2.56 bits per heavy atom. The number of carbonyl (C=O) groups is 2. The average Bonchev–Trinajstić information content (AvgIpc) is 3.41. The van der Waals surface area contributed by atoms with Gasteiger partial charge in [0.05, 0.1) is 0 Å². The molecule has 5 nitrogen and oxygen atoms in total. The second-order valence-corrected chi connectivity index (χ2v) is 6.95. The fraction of sp³-hybridized carbons (Fsp3) is 0.263. The maximum absolute atomic E-state index is 12.3. The van der Waals surface area contributed by atoms with E-state index in [9.17, 15) is 9.59 Å². The molecule has 25 heavy (non-hydrogen) atoms. The van der Waals surface area contributed by atoms with Crippen LogP contribution in [0, 0.1) is 0 Å². The minimum Gasteiger partial charge on any atom is -0.481 e. The van der Waals surface area contributed by atoms with Gasteiger partial charge in [-0.15, -0.1) is 0 Å². The Balaban J connectivity index is 1.59. The van der Waals surface area contributed by atoms with Crippen molar-refractivity contribution in [3.63, 3.8) is 0 Å². The maximum Gasteiger partial charge on any atom is 0.265 e. The van der Waals surface area contributed by atoms with Crippen molar-refractivity contribution in [2.75, 3.05) is 5.32 Å². The first-order chi connectivity index (χ1) is 12.0. The quantitative estimate of drug-likeness (QED) is 0.772. The first kappa shape index (κ1) is 17.5. The normalized spacial score (nSPS) is 14.5. The lowest BCUT2D eigenvalue weighted by atomic mass is 10.2. The van der Waals surface area contributed by atoms with Crippen molar-refractivity contribution in [3.05, 3.63) is 58.6 Å². The van der Waals surface area contributed by atoms with Crippen molar-refractivity contribution in [3.8, 4) is 5.75 Å². The van der Waals surface area contributed by atoms with Crippen LogP contribution in [0.5, 0.6) is 5.75 Å². The number of carbonyl (C=O) groups excluding carboxylic acids is 2. The van der Waals surface area contributed by atoms with E-state index in [1.54, 1.807) is 43.3 Å². The molecule has 3 rings (SSSR count). The van der Waals surface area contributed by atoms with Crippen LogP contribution in [0.25, 0.3) is 0 Å². The van der Waals surface area contributed by atoms with Gasteiger partial charge in [-0.3, -0.25) is 9.59 Å². The van der Waals surface area contributed by atoms with E-state index in [2.05, 4.69) is 26.6 Å². The third-order valence-electron chi connectivity index (χ3n) is 3.80. The number of amides is 2. The van der Waals surface area contributed by atoms with E-state index < -0.39 is 6.10 Å². The van der Waals surface area contributed by atoms with Crippen LogP contribution in [0.15, 0.2) is 53.0 Å². The molecule has 2 N–H and O–H groups in total. The lowest BCUT2D eigenvalue weighted by molar-refractivity contribution is -0.122. The Morgan fingerprint density at radius 1 is 1.16 bits per heavy atom. The molecule has 2 aromatic carbocycles. The van der Waals surface area contributed by atoms with Gasteiger partial charge in [0.1, 0.15) is 5.75 Å². The molecule has 1 aliphatic rings. The van der Waals surface area contributed by atoms with E-state index in [1.807, 2.05) is 12.1 Å². The first-order valence-electron chi connectivity index (χ1n) is 8.15. The molecule has 130 valence electrons. The molecular weight excluding hydrogens is 384 g/mol. The van der Waals surface area contributed by atoms with Crippen LogP contribution in [0.4, 0.5) is 5.69 Å². The molecule has 6 heteroatoms.